The van der Waals surface area contributed by atoms with E-state index < -0.39 is 0 Å². The second-order valence-electron chi connectivity index (χ2n) is 6.28. The first kappa shape index (κ1) is 20.3. The Kier molecular flexibility index (Phi) is 7.67. The van der Waals surface area contributed by atoms with Crippen LogP contribution in [-0.2, 0) is 4.79 Å². The van der Waals surface area contributed by atoms with Crippen LogP contribution in [0.3, 0.4) is 0 Å². The predicted octanol–water partition coefficient (Wildman–Crippen LogP) is 3.05. The van der Waals surface area contributed by atoms with E-state index in [0.29, 0.717) is 37.2 Å². The second-order valence-corrected chi connectivity index (χ2v) is 6.28. The number of benzene rings is 2. The summed E-state index contributed by atoms with van der Waals surface area (Å²) < 4.78 is 5.42. The van der Waals surface area contributed by atoms with Gasteiger partial charge >= 0.3 is 0 Å². The molecule has 0 fully saturated rings. The standard InChI is InChI=1S/C21H27N3O3/c1-3-27-19-11-9-16(10-12-19)15(2)24-20(25)8-5-13-23-21(26)17-6-4-7-18(22)14-17/h4,6-7,9-12,14-15H,3,5,8,13,22H2,1-2H3,(H,23,26)(H,24,25). The normalized spacial score (nSPS) is 11.5. The quantitative estimate of drug-likeness (QED) is 0.468. The fourth-order valence-electron chi connectivity index (χ4n) is 2.65. The van der Waals surface area contributed by atoms with Crippen LogP contribution < -0.4 is 21.1 Å². The smallest absolute Gasteiger partial charge is 0.251 e. The summed E-state index contributed by atoms with van der Waals surface area (Å²) in [6.45, 7) is 4.93. The van der Waals surface area contributed by atoms with E-state index in [-0.39, 0.29) is 17.9 Å². The van der Waals surface area contributed by atoms with E-state index in [1.54, 1.807) is 24.3 Å². The third kappa shape index (κ3) is 6.66. The van der Waals surface area contributed by atoms with Crippen LogP contribution in [0.4, 0.5) is 5.69 Å². The lowest BCUT2D eigenvalue weighted by molar-refractivity contribution is -0.121. The van der Waals surface area contributed by atoms with Crippen molar-refractivity contribution in [2.24, 2.45) is 0 Å². The molecule has 0 aliphatic heterocycles. The number of carbonyl (C=O) groups excluding carboxylic acids is 2. The van der Waals surface area contributed by atoms with Crippen LogP contribution in [0.25, 0.3) is 0 Å². The molecule has 2 amide bonds. The molecule has 0 aliphatic carbocycles. The van der Waals surface area contributed by atoms with Crippen molar-refractivity contribution in [2.75, 3.05) is 18.9 Å². The Morgan fingerprint density at radius 2 is 1.89 bits per heavy atom. The second kappa shape index (κ2) is 10.2. The highest BCUT2D eigenvalue weighted by Gasteiger charge is 2.10. The molecule has 4 N–H and O–H groups in total. The van der Waals surface area contributed by atoms with Crippen LogP contribution in [0, 0.1) is 0 Å². The largest absolute Gasteiger partial charge is 0.494 e. The van der Waals surface area contributed by atoms with Gasteiger partial charge in [0.1, 0.15) is 5.75 Å². The van der Waals surface area contributed by atoms with Gasteiger partial charge in [0.25, 0.3) is 5.91 Å². The Morgan fingerprint density at radius 3 is 2.56 bits per heavy atom. The van der Waals surface area contributed by atoms with E-state index in [4.69, 9.17) is 10.5 Å². The highest BCUT2D eigenvalue weighted by Crippen LogP contribution is 2.17. The minimum Gasteiger partial charge on any atom is -0.494 e. The molecule has 2 rings (SSSR count). The van der Waals surface area contributed by atoms with Crippen molar-refractivity contribution in [3.8, 4) is 5.75 Å². The number of hydrogen-bond acceptors (Lipinski definition) is 4. The third-order valence-corrected chi connectivity index (χ3v) is 4.08. The maximum Gasteiger partial charge on any atom is 0.251 e. The van der Waals surface area contributed by atoms with Gasteiger partial charge in [0.15, 0.2) is 0 Å². The Hall–Kier alpha value is -3.02. The molecular weight excluding hydrogens is 342 g/mol. The topological polar surface area (TPSA) is 93.5 Å². The van der Waals surface area contributed by atoms with Gasteiger partial charge in [-0.2, -0.15) is 0 Å². The molecule has 6 heteroatoms. The van der Waals surface area contributed by atoms with Crippen molar-refractivity contribution in [2.45, 2.75) is 32.7 Å². The molecule has 0 spiro atoms. The predicted molar refractivity (Wildman–Crippen MR) is 107 cm³/mol. The molecule has 0 aromatic heterocycles. The van der Waals surface area contributed by atoms with Crippen molar-refractivity contribution < 1.29 is 14.3 Å². The van der Waals surface area contributed by atoms with Gasteiger partial charge in [-0.15, -0.1) is 0 Å². The summed E-state index contributed by atoms with van der Waals surface area (Å²) in [4.78, 5) is 24.1. The lowest BCUT2D eigenvalue weighted by Gasteiger charge is -2.15. The number of anilines is 1. The summed E-state index contributed by atoms with van der Waals surface area (Å²) in [7, 11) is 0. The molecule has 2 aromatic rings. The zero-order valence-electron chi connectivity index (χ0n) is 15.8. The van der Waals surface area contributed by atoms with E-state index in [1.807, 2.05) is 38.1 Å². The van der Waals surface area contributed by atoms with Crippen LogP contribution in [0.5, 0.6) is 5.75 Å². The first-order valence-electron chi connectivity index (χ1n) is 9.15. The van der Waals surface area contributed by atoms with Crippen molar-refractivity contribution >= 4 is 17.5 Å². The molecule has 6 nitrogen and oxygen atoms in total. The fourth-order valence-corrected chi connectivity index (χ4v) is 2.65. The third-order valence-electron chi connectivity index (χ3n) is 4.08. The van der Waals surface area contributed by atoms with E-state index in [9.17, 15) is 9.59 Å². The molecule has 0 bridgehead atoms. The molecule has 1 unspecified atom stereocenters. The Morgan fingerprint density at radius 1 is 1.15 bits per heavy atom. The van der Waals surface area contributed by atoms with Crippen molar-refractivity contribution in [1.29, 1.82) is 0 Å². The molecule has 1 atom stereocenters. The summed E-state index contributed by atoms with van der Waals surface area (Å²) in [5.41, 5.74) is 7.75. The van der Waals surface area contributed by atoms with Gasteiger partial charge in [0.05, 0.1) is 12.6 Å². The molecule has 0 aliphatic rings. The average molecular weight is 369 g/mol. The molecule has 0 saturated heterocycles. The fraction of sp³-hybridized carbons (Fsp3) is 0.333. The molecular formula is C21H27N3O3. The average Bonchev–Trinajstić information content (AvgIpc) is 2.66. The highest BCUT2D eigenvalue weighted by atomic mass is 16.5. The van der Waals surface area contributed by atoms with E-state index in [0.717, 1.165) is 11.3 Å². The number of nitrogens with two attached hydrogens (primary N) is 1. The summed E-state index contributed by atoms with van der Waals surface area (Å²) in [5, 5.41) is 5.76. The molecule has 0 heterocycles. The van der Waals surface area contributed by atoms with Gasteiger partial charge in [0.2, 0.25) is 5.91 Å². The van der Waals surface area contributed by atoms with Crippen LogP contribution in [0.15, 0.2) is 48.5 Å². The minimum absolute atomic E-state index is 0.0467. The lowest BCUT2D eigenvalue weighted by Crippen LogP contribution is -2.29. The zero-order chi connectivity index (χ0) is 19.6. The molecule has 2 aromatic carbocycles. The maximum atomic E-state index is 12.1. The van der Waals surface area contributed by atoms with E-state index in [1.165, 1.54) is 0 Å². The zero-order valence-corrected chi connectivity index (χ0v) is 15.8. The summed E-state index contributed by atoms with van der Waals surface area (Å²) in [6, 6.07) is 14.4. The summed E-state index contributed by atoms with van der Waals surface area (Å²) in [6.07, 6.45) is 0.911. The number of nitrogens with one attached hydrogen (secondary N) is 2. The van der Waals surface area contributed by atoms with Gasteiger partial charge in [0, 0.05) is 24.2 Å². The summed E-state index contributed by atoms with van der Waals surface area (Å²) in [5.74, 6) is 0.579. The minimum atomic E-state index is -0.189. The Bertz CT molecular complexity index is 760. The molecule has 144 valence electrons. The maximum absolute atomic E-state index is 12.1. The number of nitrogen functional groups attached to an aromatic ring is 1. The van der Waals surface area contributed by atoms with Crippen LogP contribution >= 0.6 is 0 Å². The Labute approximate surface area is 160 Å². The van der Waals surface area contributed by atoms with Crippen molar-refractivity contribution in [1.82, 2.24) is 10.6 Å². The number of hydrogen-bond donors (Lipinski definition) is 3. The lowest BCUT2D eigenvalue weighted by atomic mass is 10.1. The van der Waals surface area contributed by atoms with Crippen molar-refractivity contribution in [3.05, 3.63) is 59.7 Å². The van der Waals surface area contributed by atoms with Gasteiger partial charge in [-0.3, -0.25) is 9.59 Å². The van der Waals surface area contributed by atoms with E-state index in [2.05, 4.69) is 10.6 Å². The van der Waals surface area contributed by atoms with Crippen LogP contribution in [0.2, 0.25) is 0 Å². The molecule has 0 saturated carbocycles. The van der Waals surface area contributed by atoms with Gasteiger partial charge in [-0.05, 0) is 56.2 Å². The first-order valence-corrected chi connectivity index (χ1v) is 9.15. The molecule has 27 heavy (non-hydrogen) atoms. The van der Waals surface area contributed by atoms with Crippen LogP contribution in [0.1, 0.15) is 48.7 Å². The van der Waals surface area contributed by atoms with Crippen LogP contribution in [-0.4, -0.2) is 25.0 Å². The van der Waals surface area contributed by atoms with Gasteiger partial charge in [-0.25, -0.2) is 0 Å². The van der Waals surface area contributed by atoms with Gasteiger partial charge in [-0.1, -0.05) is 18.2 Å². The highest BCUT2D eigenvalue weighted by molar-refractivity contribution is 5.94. The number of ether oxygens (including phenoxy) is 1. The van der Waals surface area contributed by atoms with E-state index >= 15 is 0 Å². The monoisotopic (exact) mass is 369 g/mol. The summed E-state index contributed by atoms with van der Waals surface area (Å²) >= 11 is 0. The number of carbonyl (C=O) groups is 2. The van der Waals surface area contributed by atoms with Gasteiger partial charge < -0.3 is 21.1 Å². The number of rotatable bonds is 9. The SMILES string of the molecule is CCOc1ccc(C(C)NC(=O)CCCNC(=O)c2cccc(N)c2)cc1. The first-order chi connectivity index (χ1) is 13.0. The molecule has 0 radical (unpaired) electrons. The number of amides is 2. The van der Waals surface area contributed by atoms with Crippen molar-refractivity contribution in [3.63, 3.8) is 0 Å². The Balaban J connectivity index is 1.70.